The topological polar surface area (TPSA) is 63.6 Å². The highest BCUT2D eigenvalue weighted by Crippen LogP contribution is 2.40. The van der Waals surface area contributed by atoms with Gasteiger partial charge in [-0.2, -0.15) is 22.5 Å². The largest absolute Gasteiger partial charge is 0.416 e. The van der Waals surface area contributed by atoms with Gasteiger partial charge in [-0.3, -0.25) is 4.98 Å². The summed E-state index contributed by atoms with van der Waals surface area (Å²) < 4.78 is 42.5. The van der Waals surface area contributed by atoms with Crippen molar-refractivity contribution in [1.29, 1.82) is 0 Å². The molecule has 1 aliphatic carbocycles. The fourth-order valence-corrected chi connectivity index (χ4v) is 2.99. The molecule has 1 aliphatic rings. The van der Waals surface area contributed by atoms with E-state index in [1.54, 1.807) is 6.20 Å². The monoisotopic (exact) mass is 363 g/mol. The van der Waals surface area contributed by atoms with Crippen LogP contribution in [0.5, 0.6) is 0 Å². The molecule has 0 aromatic carbocycles. The lowest BCUT2D eigenvalue weighted by Gasteiger charge is -2.07. The minimum absolute atomic E-state index is 0.0669. The Hall–Kier alpha value is -2.55. The highest BCUT2D eigenvalue weighted by molar-refractivity contribution is 7.09. The maximum atomic E-state index is 12.8. The lowest BCUT2D eigenvalue weighted by Crippen LogP contribution is -2.06. The van der Waals surface area contributed by atoms with Gasteiger partial charge in [-0.15, -0.1) is 0 Å². The molecule has 0 unspecified atom stereocenters. The molecule has 0 bridgehead atoms. The van der Waals surface area contributed by atoms with Gasteiger partial charge < -0.3 is 5.32 Å². The summed E-state index contributed by atoms with van der Waals surface area (Å²) >= 11 is 1.05. The Morgan fingerprint density at radius 1 is 1.08 bits per heavy atom. The molecule has 0 atom stereocenters. The summed E-state index contributed by atoms with van der Waals surface area (Å²) in [5.74, 6) is 1.10. The van der Waals surface area contributed by atoms with Crippen LogP contribution in [0.4, 0.5) is 24.1 Å². The lowest BCUT2D eigenvalue weighted by molar-refractivity contribution is -0.137. The number of alkyl halides is 3. The van der Waals surface area contributed by atoms with E-state index < -0.39 is 11.7 Å². The Bertz CT molecular complexity index is 905. The number of aromatic nitrogens is 4. The van der Waals surface area contributed by atoms with E-state index in [0.717, 1.165) is 29.9 Å². The normalized spacial score (nSPS) is 14.5. The summed E-state index contributed by atoms with van der Waals surface area (Å²) in [6, 6.07) is 5.81. The highest BCUT2D eigenvalue weighted by atomic mass is 32.1. The van der Waals surface area contributed by atoms with Gasteiger partial charge in [-0.25, -0.2) is 4.98 Å². The van der Waals surface area contributed by atoms with Gasteiger partial charge in [0.2, 0.25) is 5.13 Å². The SMILES string of the molecule is FC(F)(F)c1ccnc(Nc2nc(-c3cc(C4CC4)ccn3)ns2)c1. The van der Waals surface area contributed by atoms with Crippen molar-refractivity contribution in [2.24, 2.45) is 0 Å². The molecule has 1 fully saturated rings. The van der Waals surface area contributed by atoms with E-state index in [2.05, 4.69) is 24.6 Å². The number of halogens is 3. The van der Waals surface area contributed by atoms with Crippen molar-refractivity contribution in [2.75, 3.05) is 5.32 Å². The van der Waals surface area contributed by atoms with Gasteiger partial charge in [-0.1, -0.05) is 0 Å². The van der Waals surface area contributed by atoms with Crippen LogP contribution < -0.4 is 5.32 Å². The third kappa shape index (κ3) is 3.60. The first-order chi connectivity index (χ1) is 12.0. The van der Waals surface area contributed by atoms with Crippen LogP contribution in [-0.2, 0) is 6.18 Å². The molecular formula is C16H12F3N5S. The quantitative estimate of drug-likeness (QED) is 0.732. The highest BCUT2D eigenvalue weighted by Gasteiger charge is 2.30. The summed E-state index contributed by atoms with van der Waals surface area (Å²) in [5.41, 5.74) is 1.10. The molecule has 0 radical (unpaired) electrons. The van der Waals surface area contributed by atoms with E-state index in [9.17, 15) is 13.2 Å². The molecule has 1 N–H and O–H groups in total. The van der Waals surface area contributed by atoms with Crippen LogP contribution in [0.15, 0.2) is 36.7 Å². The molecule has 0 aliphatic heterocycles. The van der Waals surface area contributed by atoms with Crippen molar-refractivity contribution in [2.45, 2.75) is 24.9 Å². The molecule has 0 spiro atoms. The first kappa shape index (κ1) is 15.9. The van der Waals surface area contributed by atoms with Crippen molar-refractivity contribution in [3.8, 4) is 11.5 Å². The van der Waals surface area contributed by atoms with E-state index in [1.165, 1.54) is 18.4 Å². The fraction of sp³-hybridized carbons (Fsp3) is 0.250. The Labute approximate surface area is 145 Å². The van der Waals surface area contributed by atoms with Crippen molar-refractivity contribution in [3.05, 3.63) is 47.8 Å². The molecule has 3 heterocycles. The van der Waals surface area contributed by atoms with Crippen LogP contribution in [0.3, 0.4) is 0 Å². The van der Waals surface area contributed by atoms with Crippen molar-refractivity contribution in [1.82, 2.24) is 19.3 Å². The summed E-state index contributed by atoms with van der Waals surface area (Å²) in [6.07, 6.45) is 0.780. The number of nitrogens with one attached hydrogen (secondary N) is 1. The summed E-state index contributed by atoms with van der Waals surface area (Å²) in [4.78, 5) is 12.5. The van der Waals surface area contributed by atoms with Gasteiger partial charge in [0.25, 0.3) is 0 Å². The Balaban J connectivity index is 1.55. The minimum atomic E-state index is -4.42. The van der Waals surface area contributed by atoms with E-state index in [-0.39, 0.29) is 5.82 Å². The van der Waals surface area contributed by atoms with Gasteiger partial charge in [0.1, 0.15) is 11.5 Å². The average Bonchev–Trinajstić information content (AvgIpc) is 3.34. The van der Waals surface area contributed by atoms with Crippen LogP contribution >= 0.6 is 11.5 Å². The van der Waals surface area contributed by atoms with Crippen LogP contribution in [0.25, 0.3) is 11.5 Å². The molecule has 25 heavy (non-hydrogen) atoms. The van der Waals surface area contributed by atoms with E-state index in [4.69, 9.17) is 0 Å². The van der Waals surface area contributed by atoms with Crippen LogP contribution in [0.1, 0.15) is 29.9 Å². The van der Waals surface area contributed by atoms with Crippen molar-refractivity contribution in [3.63, 3.8) is 0 Å². The molecule has 128 valence electrons. The summed E-state index contributed by atoms with van der Waals surface area (Å²) in [5, 5.41) is 3.12. The molecule has 4 rings (SSSR count). The maximum Gasteiger partial charge on any atom is 0.416 e. The Morgan fingerprint density at radius 3 is 2.64 bits per heavy atom. The van der Waals surface area contributed by atoms with Gasteiger partial charge in [0.05, 0.1) is 5.56 Å². The molecule has 5 nitrogen and oxygen atoms in total. The number of hydrogen-bond acceptors (Lipinski definition) is 6. The molecule has 1 saturated carbocycles. The molecule has 0 saturated heterocycles. The van der Waals surface area contributed by atoms with Gasteiger partial charge in [0, 0.05) is 23.9 Å². The van der Waals surface area contributed by atoms with Gasteiger partial charge in [0.15, 0.2) is 5.82 Å². The van der Waals surface area contributed by atoms with Crippen molar-refractivity contribution >= 4 is 22.5 Å². The maximum absolute atomic E-state index is 12.8. The Kier molecular flexibility index (Phi) is 3.87. The Morgan fingerprint density at radius 2 is 1.88 bits per heavy atom. The fourth-order valence-electron chi connectivity index (χ4n) is 2.40. The number of hydrogen-bond donors (Lipinski definition) is 1. The first-order valence-corrected chi connectivity index (χ1v) is 8.37. The molecule has 3 aromatic heterocycles. The predicted molar refractivity (Wildman–Crippen MR) is 87.6 cm³/mol. The second-order valence-corrected chi connectivity index (χ2v) is 6.48. The minimum Gasteiger partial charge on any atom is -0.315 e. The van der Waals surface area contributed by atoms with E-state index in [0.29, 0.717) is 22.6 Å². The zero-order valence-corrected chi connectivity index (χ0v) is 13.6. The molecular weight excluding hydrogens is 351 g/mol. The molecule has 9 heteroatoms. The number of pyridine rings is 2. The number of nitrogens with zero attached hydrogens (tertiary/aromatic N) is 4. The number of rotatable bonds is 4. The lowest BCUT2D eigenvalue weighted by atomic mass is 10.1. The third-order valence-electron chi connectivity index (χ3n) is 3.81. The van der Waals surface area contributed by atoms with Crippen LogP contribution in [0, 0.1) is 0 Å². The van der Waals surface area contributed by atoms with E-state index >= 15 is 0 Å². The van der Waals surface area contributed by atoms with Gasteiger partial charge >= 0.3 is 6.18 Å². The third-order valence-corrected chi connectivity index (χ3v) is 4.44. The molecule has 0 amide bonds. The van der Waals surface area contributed by atoms with E-state index in [1.807, 2.05) is 12.1 Å². The van der Waals surface area contributed by atoms with Crippen molar-refractivity contribution < 1.29 is 13.2 Å². The summed E-state index contributed by atoms with van der Waals surface area (Å²) in [7, 11) is 0. The number of anilines is 2. The zero-order chi connectivity index (χ0) is 17.4. The zero-order valence-electron chi connectivity index (χ0n) is 12.8. The summed E-state index contributed by atoms with van der Waals surface area (Å²) in [6.45, 7) is 0. The second kappa shape index (κ2) is 6.07. The predicted octanol–water partition coefficient (Wildman–Crippen LogP) is 4.63. The molecule has 3 aromatic rings. The first-order valence-electron chi connectivity index (χ1n) is 7.59. The van der Waals surface area contributed by atoms with Gasteiger partial charge in [-0.05, 0) is 48.6 Å². The standard InChI is InChI=1S/C16H12F3N5S/c17-16(18,19)11-4-6-21-13(8-11)22-15-23-14(24-25-15)12-7-10(3-5-20-12)9-1-2-9/h3-9H,1-2H2,(H,21,22,23,24). The average molecular weight is 363 g/mol. The smallest absolute Gasteiger partial charge is 0.315 e. The van der Waals surface area contributed by atoms with Crippen LogP contribution in [0.2, 0.25) is 0 Å². The van der Waals surface area contributed by atoms with Crippen LogP contribution in [-0.4, -0.2) is 19.3 Å². The second-order valence-electron chi connectivity index (χ2n) is 5.72.